The zero-order valence-corrected chi connectivity index (χ0v) is 12.2. The molecule has 0 aliphatic heterocycles. The lowest BCUT2D eigenvalue weighted by Gasteiger charge is -2.08. The van der Waals surface area contributed by atoms with Crippen molar-refractivity contribution in [3.63, 3.8) is 0 Å². The van der Waals surface area contributed by atoms with Gasteiger partial charge in [-0.25, -0.2) is 9.97 Å². The minimum absolute atomic E-state index is 0.634. The molecule has 5 nitrogen and oxygen atoms in total. The van der Waals surface area contributed by atoms with Gasteiger partial charge in [0.05, 0.1) is 12.0 Å². The van der Waals surface area contributed by atoms with E-state index in [4.69, 9.17) is 4.74 Å². The third-order valence-corrected chi connectivity index (χ3v) is 3.25. The van der Waals surface area contributed by atoms with Gasteiger partial charge in [0.25, 0.3) is 0 Å². The van der Waals surface area contributed by atoms with E-state index in [2.05, 4.69) is 26.3 Å². The number of aromatic amines is 1. The van der Waals surface area contributed by atoms with Crippen LogP contribution in [0.1, 0.15) is 5.69 Å². The van der Waals surface area contributed by atoms with Gasteiger partial charge in [-0.2, -0.15) is 0 Å². The maximum Gasteiger partial charge on any atom is 0.163 e. The van der Waals surface area contributed by atoms with Crippen molar-refractivity contribution >= 4 is 16.9 Å². The highest BCUT2D eigenvalue weighted by molar-refractivity contribution is 5.89. The van der Waals surface area contributed by atoms with Crippen molar-refractivity contribution in [2.45, 2.75) is 6.92 Å². The SMILES string of the molecule is COCCNc1nc(-c2ccccc2)nc2[nH]c(C)cc12. The minimum atomic E-state index is 0.634. The van der Waals surface area contributed by atoms with E-state index < -0.39 is 0 Å². The largest absolute Gasteiger partial charge is 0.383 e. The molecule has 0 aliphatic rings. The predicted octanol–water partition coefficient (Wildman–Crippen LogP) is 2.99. The van der Waals surface area contributed by atoms with E-state index in [9.17, 15) is 0 Å². The lowest BCUT2D eigenvalue weighted by Crippen LogP contribution is -2.09. The molecule has 2 aromatic heterocycles. The van der Waals surface area contributed by atoms with Gasteiger partial charge in [0.15, 0.2) is 5.82 Å². The Labute approximate surface area is 123 Å². The number of anilines is 1. The Morgan fingerprint density at radius 2 is 2.00 bits per heavy atom. The number of aryl methyl sites for hydroxylation is 1. The van der Waals surface area contributed by atoms with Gasteiger partial charge >= 0.3 is 0 Å². The smallest absolute Gasteiger partial charge is 0.163 e. The van der Waals surface area contributed by atoms with Crippen molar-refractivity contribution in [3.05, 3.63) is 42.1 Å². The zero-order valence-electron chi connectivity index (χ0n) is 12.2. The molecular formula is C16H18N4O. The number of ether oxygens (including phenoxy) is 1. The van der Waals surface area contributed by atoms with Crippen LogP contribution in [0.15, 0.2) is 36.4 Å². The molecule has 0 unspecified atom stereocenters. The number of hydrogen-bond acceptors (Lipinski definition) is 4. The van der Waals surface area contributed by atoms with Crippen LogP contribution >= 0.6 is 0 Å². The summed E-state index contributed by atoms with van der Waals surface area (Å²) in [5.41, 5.74) is 2.92. The van der Waals surface area contributed by atoms with Gasteiger partial charge in [-0.15, -0.1) is 0 Å². The van der Waals surface area contributed by atoms with Crippen LogP contribution in [0.2, 0.25) is 0 Å². The van der Waals surface area contributed by atoms with Crippen LogP contribution < -0.4 is 5.32 Å². The van der Waals surface area contributed by atoms with Gasteiger partial charge in [-0.3, -0.25) is 0 Å². The number of benzene rings is 1. The number of aromatic nitrogens is 3. The molecule has 0 saturated heterocycles. The molecule has 2 heterocycles. The van der Waals surface area contributed by atoms with E-state index in [1.54, 1.807) is 7.11 Å². The van der Waals surface area contributed by atoms with E-state index in [0.717, 1.165) is 28.1 Å². The summed E-state index contributed by atoms with van der Waals surface area (Å²) >= 11 is 0. The number of rotatable bonds is 5. The Balaban J connectivity index is 2.06. The molecule has 3 rings (SSSR count). The number of nitrogens with zero attached hydrogens (tertiary/aromatic N) is 2. The summed E-state index contributed by atoms with van der Waals surface area (Å²) in [7, 11) is 1.69. The lowest BCUT2D eigenvalue weighted by molar-refractivity contribution is 0.210. The second-order valence-electron chi connectivity index (χ2n) is 4.90. The summed E-state index contributed by atoms with van der Waals surface area (Å²) in [4.78, 5) is 12.6. The molecule has 0 fully saturated rings. The lowest BCUT2D eigenvalue weighted by atomic mass is 10.2. The minimum Gasteiger partial charge on any atom is -0.383 e. The van der Waals surface area contributed by atoms with E-state index in [-0.39, 0.29) is 0 Å². The van der Waals surface area contributed by atoms with Crippen molar-refractivity contribution in [2.75, 3.05) is 25.6 Å². The summed E-state index contributed by atoms with van der Waals surface area (Å²) in [5, 5.41) is 4.32. The average Bonchev–Trinajstić information content (AvgIpc) is 2.88. The molecule has 0 aliphatic carbocycles. The summed E-state index contributed by atoms with van der Waals surface area (Å²) in [6.07, 6.45) is 0. The van der Waals surface area contributed by atoms with Crippen molar-refractivity contribution < 1.29 is 4.74 Å². The van der Waals surface area contributed by atoms with Gasteiger partial charge in [0, 0.05) is 24.9 Å². The van der Waals surface area contributed by atoms with Crippen LogP contribution in [0.5, 0.6) is 0 Å². The van der Waals surface area contributed by atoms with Crippen LogP contribution in [0.25, 0.3) is 22.4 Å². The van der Waals surface area contributed by atoms with Gasteiger partial charge in [-0.1, -0.05) is 30.3 Å². The molecule has 0 radical (unpaired) electrons. The van der Waals surface area contributed by atoms with Gasteiger partial charge in [-0.05, 0) is 13.0 Å². The fraction of sp³-hybridized carbons (Fsp3) is 0.250. The number of H-pyrrole nitrogens is 1. The highest BCUT2D eigenvalue weighted by Crippen LogP contribution is 2.25. The molecule has 21 heavy (non-hydrogen) atoms. The molecule has 0 spiro atoms. The molecule has 0 bridgehead atoms. The molecule has 108 valence electrons. The monoisotopic (exact) mass is 282 g/mol. The molecule has 2 N–H and O–H groups in total. The van der Waals surface area contributed by atoms with Gasteiger partial charge in [0.1, 0.15) is 11.5 Å². The normalized spacial score (nSPS) is 11.0. The van der Waals surface area contributed by atoms with E-state index in [0.29, 0.717) is 19.0 Å². The maximum atomic E-state index is 5.08. The van der Waals surface area contributed by atoms with E-state index in [1.807, 2.05) is 37.3 Å². The van der Waals surface area contributed by atoms with E-state index in [1.165, 1.54) is 0 Å². The number of nitrogens with one attached hydrogen (secondary N) is 2. The van der Waals surface area contributed by atoms with Crippen molar-refractivity contribution in [3.8, 4) is 11.4 Å². The van der Waals surface area contributed by atoms with Crippen LogP contribution in [0.4, 0.5) is 5.82 Å². The molecule has 1 aromatic carbocycles. The summed E-state index contributed by atoms with van der Waals surface area (Å²) < 4.78 is 5.08. The van der Waals surface area contributed by atoms with Crippen molar-refractivity contribution in [1.29, 1.82) is 0 Å². The number of methoxy groups -OCH3 is 1. The van der Waals surface area contributed by atoms with Gasteiger partial charge in [0.2, 0.25) is 0 Å². The third kappa shape index (κ3) is 2.87. The Morgan fingerprint density at radius 1 is 1.19 bits per heavy atom. The fourth-order valence-electron chi connectivity index (χ4n) is 2.26. The maximum absolute atomic E-state index is 5.08. The highest BCUT2D eigenvalue weighted by Gasteiger charge is 2.11. The van der Waals surface area contributed by atoms with Crippen LogP contribution in [0.3, 0.4) is 0 Å². The quantitative estimate of drug-likeness (QED) is 0.706. The molecule has 0 atom stereocenters. The first-order chi connectivity index (χ1) is 10.3. The van der Waals surface area contributed by atoms with Gasteiger partial charge < -0.3 is 15.0 Å². The first-order valence-corrected chi connectivity index (χ1v) is 6.93. The Hall–Kier alpha value is -2.40. The van der Waals surface area contributed by atoms with Crippen molar-refractivity contribution in [2.24, 2.45) is 0 Å². The Bertz CT molecular complexity index is 737. The third-order valence-electron chi connectivity index (χ3n) is 3.25. The Kier molecular flexibility index (Phi) is 3.83. The summed E-state index contributed by atoms with van der Waals surface area (Å²) in [6.45, 7) is 3.36. The molecular weight excluding hydrogens is 264 g/mol. The number of hydrogen-bond donors (Lipinski definition) is 2. The predicted molar refractivity (Wildman–Crippen MR) is 84.4 cm³/mol. The first kappa shape index (κ1) is 13.6. The van der Waals surface area contributed by atoms with Crippen LogP contribution in [-0.4, -0.2) is 35.2 Å². The second kappa shape index (κ2) is 5.93. The van der Waals surface area contributed by atoms with E-state index >= 15 is 0 Å². The molecule has 0 saturated carbocycles. The molecule has 0 amide bonds. The number of fused-ring (bicyclic) bond motifs is 1. The summed E-state index contributed by atoms with van der Waals surface area (Å²) in [6, 6.07) is 12.0. The Morgan fingerprint density at radius 3 is 2.76 bits per heavy atom. The topological polar surface area (TPSA) is 62.8 Å². The highest BCUT2D eigenvalue weighted by atomic mass is 16.5. The van der Waals surface area contributed by atoms with Crippen molar-refractivity contribution in [1.82, 2.24) is 15.0 Å². The molecule has 5 heteroatoms. The molecule has 3 aromatic rings. The zero-order chi connectivity index (χ0) is 14.7. The average molecular weight is 282 g/mol. The van der Waals surface area contributed by atoms with Crippen LogP contribution in [-0.2, 0) is 4.74 Å². The standard InChI is InChI=1S/C16H18N4O/c1-11-10-13-15(17-8-9-21-2)19-14(20-16(13)18-11)12-6-4-3-5-7-12/h3-7,10H,8-9H2,1-2H3,(H2,17,18,19,20). The first-order valence-electron chi connectivity index (χ1n) is 6.93. The second-order valence-corrected chi connectivity index (χ2v) is 4.90. The summed E-state index contributed by atoms with van der Waals surface area (Å²) in [5.74, 6) is 1.55. The van der Waals surface area contributed by atoms with Crippen LogP contribution in [0, 0.1) is 6.92 Å². The fourth-order valence-corrected chi connectivity index (χ4v) is 2.26.